The topological polar surface area (TPSA) is 113 Å². The van der Waals surface area contributed by atoms with Crippen molar-refractivity contribution in [2.45, 2.75) is 30.7 Å². The lowest BCUT2D eigenvalue weighted by Crippen LogP contribution is -2.59. The summed E-state index contributed by atoms with van der Waals surface area (Å²) in [6.45, 7) is -0.531. The third kappa shape index (κ3) is 2.96. The van der Waals surface area contributed by atoms with E-state index in [0.717, 1.165) is 0 Å². The molecule has 9 heteroatoms. The Hall–Kier alpha value is -0.870. The molecule has 0 amide bonds. The first kappa shape index (κ1) is 17.0. The van der Waals surface area contributed by atoms with Gasteiger partial charge in [-0.05, 0) is 28.1 Å². The summed E-state index contributed by atoms with van der Waals surface area (Å²) in [6.07, 6.45) is -5.36. The smallest absolute Gasteiger partial charge is 0.229 e. The standard InChI is InChI=1S/C14H14BrClNO6/c15-5-1-2-6-9(10(5)16)7(3-17-6)22-14-13(21)12(20)11(19)8(4-18)23-14/h1-3,8,11-14,18-21H,4H2. The molecular weight excluding hydrogens is 394 g/mol. The maximum absolute atomic E-state index is 10.0. The number of ether oxygens (including phenoxy) is 2. The van der Waals surface area contributed by atoms with Crippen molar-refractivity contribution in [2.24, 2.45) is 0 Å². The van der Waals surface area contributed by atoms with Crippen molar-refractivity contribution in [2.75, 3.05) is 6.61 Å². The van der Waals surface area contributed by atoms with Crippen molar-refractivity contribution in [3.63, 3.8) is 0 Å². The normalized spacial score (nSPS) is 33.0. The summed E-state index contributed by atoms with van der Waals surface area (Å²) < 4.78 is 11.5. The predicted molar refractivity (Wildman–Crippen MR) is 83.8 cm³/mol. The van der Waals surface area contributed by atoms with E-state index in [1.165, 1.54) is 6.20 Å². The Balaban J connectivity index is 1.83. The second-order valence-electron chi connectivity index (χ2n) is 5.19. The summed E-state index contributed by atoms with van der Waals surface area (Å²) in [6, 6.07) is 3.49. The molecule has 1 aromatic carbocycles. The summed E-state index contributed by atoms with van der Waals surface area (Å²) >= 11 is 9.54. The highest BCUT2D eigenvalue weighted by Gasteiger charge is 2.45. The van der Waals surface area contributed by atoms with Gasteiger partial charge in [-0.25, -0.2) is 0 Å². The average molecular weight is 408 g/mol. The Morgan fingerprint density at radius 2 is 1.96 bits per heavy atom. The molecule has 1 radical (unpaired) electrons. The molecule has 23 heavy (non-hydrogen) atoms. The number of fused-ring (bicyclic) bond motifs is 1. The van der Waals surface area contributed by atoms with E-state index >= 15 is 0 Å². The number of benzene rings is 1. The van der Waals surface area contributed by atoms with Crippen LogP contribution in [0, 0.1) is 0 Å². The van der Waals surface area contributed by atoms with Gasteiger partial charge in [0.05, 0.1) is 29.1 Å². The quantitative estimate of drug-likeness (QED) is 0.579. The monoisotopic (exact) mass is 406 g/mol. The Morgan fingerprint density at radius 1 is 1.22 bits per heavy atom. The molecule has 5 unspecified atom stereocenters. The highest BCUT2D eigenvalue weighted by atomic mass is 79.9. The Morgan fingerprint density at radius 3 is 2.65 bits per heavy atom. The van der Waals surface area contributed by atoms with Crippen LogP contribution in [-0.4, -0.2) is 57.7 Å². The third-order valence-corrected chi connectivity index (χ3v) is 5.01. The van der Waals surface area contributed by atoms with Crippen LogP contribution < -0.4 is 5.32 Å². The molecule has 4 N–H and O–H groups in total. The van der Waals surface area contributed by atoms with Gasteiger partial charge in [0.25, 0.3) is 0 Å². The number of nitrogens with zero attached hydrogens (tertiary/aromatic N) is 1. The highest BCUT2D eigenvalue weighted by molar-refractivity contribution is 9.10. The van der Waals surface area contributed by atoms with Crippen LogP contribution in [0.2, 0.25) is 5.02 Å². The molecule has 1 fully saturated rings. The molecular formula is C14H14BrClNO6. The summed E-state index contributed by atoms with van der Waals surface area (Å²) in [5.74, 6) is 0.260. The van der Waals surface area contributed by atoms with Crippen molar-refractivity contribution in [3.05, 3.63) is 33.4 Å². The van der Waals surface area contributed by atoms with E-state index < -0.39 is 37.3 Å². The number of halogens is 2. The molecule has 1 aromatic rings. The van der Waals surface area contributed by atoms with Crippen LogP contribution in [0.4, 0.5) is 5.69 Å². The van der Waals surface area contributed by atoms with Crippen LogP contribution in [0.15, 0.2) is 22.8 Å². The zero-order chi connectivity index (χ0) is 16.7. The third-order valence-electron chi connectivity index (χ3n) is 3.73. The first-order chi connectivity index (χ1) is 10.9. The Bertz CT molecular complexity index is 640. The summed E-state index contributed by atoms with van der Waals surface area (Å²) in [7, 11) is 0. The molecule has 1 saturated heterocycles. The van der Waals surface area contributed by atoms with E-state index in [0.29, 0.717) is 20.7 Å². The number of rotatable bonds is 3. The van der Waals surface area contributed by atoms with E-state index in [1.54, 1.807) is 12.1 Å². The molecule has 3 rings (SSSR count). The maximum atomic E-state index is 10.0. The number of hydrogen-bond acceptors (Lipinski definition) is 6. The first-order valence-corrected chi connectivity index (χ1v) is 7.97. The van der Waals surface area contributed by atoms with Crippen LogP contribution in [0.3, 0.4) is 0 Å². The van der Waals surface area contributed by atoms with Gasteiger partial charge in [-0.2, -0.15) is 0 Å². The van der Waals surface area contributed by atoms with Crippen molar-refractivity contribution >= 4 is 39.0 Å². The van der Waals surface area contributed by atoms with Gasteiger partial charge in [0.15, 0.2) is 5.76 Å². The molecule has 2 aliphatic rings. The van der Waals surface area contributed by atoms with E-state index in [4.69, 9.17) is 21.1 Å². The fraction of sp³-hybridized carbons (Fsp3) is 0.429. The molecule has 7 nitrogen and oxygen atoms in total. The average Bonchev–Trinajstić information content (AvgIpc) is 2.95. The first-order valence-electron chi connectivity index (χ1n) is 6.80. The fourth-order valence-corrected chi connectivity index (χ4v) is 3.04. The second-order valence-corrected chi connectivity index (χ2v) is 6.43. The molecule has 0 saturated carbocycles. The van der Waals surface area contributed by atoms with Crippen molar-refractivity contribution < 1.29 is 29.9 Å². The van der Waals surface area contributed by atoms with Crippen LogP contribution in [0.5, 0.6) is 0 Å². The van der Waals surface area contributed by atoms with Crippen molar-refractivity contribution in [1.82, 2.24) is 5.32 Å². The van der Waals surface area contributed by atoms with Crippen LogP contribution in [0.1, 0.15) is 5.56 Å². The van der Waals surface area contributed by atoms with E-state index in [9.17, 15) is 20.4 Å². The largest absolute Gasteiger partial charge is 0.460 e. The molecule has 0 aromatic heterocycles. The summed E-state index contributed by atoms with van der Waals surface area (Å²) in [4.78, 5) is 0. The molecule has 2 heterocycles. The molecule has 2 aliphatic heterocycles. The molecule has 125 valence electrons. The second kappa shape index (κ2) is 6.56. The number of hydrogen-bond donors (Lipinski definition) is 4. The van der Waals surface area contributed by atoms with E-state index in [2.05, 4.69) is 21.2 Å². The molecule has 0 aliphatic carbocycles. The number of aliphatic hydroxyl groups excluding tert-OH is 4. The van der Waals surface area contributed by atoms with Crippen LogP contribution >= 0.6 is 27.5 Å². The lowest BCUT2D eigenvalue weighted by atomic mass is 9.99. The highest BCUT2D eigenvalue weighted by Crippen LogP contribution is 2.41. The zero-order valence-electron chi connectivity index (χ0n) is 11.6. The van der Waals surface area contributed by atoms with Gasteiger partial charge in [-0.15, -0.1) is 0 Å². The summed E-state index contributed by atoms with van der Waals surface area (Å²) in [5, 5.41) is 43.3. The van der Waals surface area contributed by atoms with Crippen molar-refractivity contribution in [1.29, 1.82) is 0 Å². The Labute approximate surface area is 145 Å². The Kier molecular flexibility index (Phi) is 4.84. The van der Waals surface area contributed by atoms with Gasteiger partial charge in [0.1, 0.15) is 24.4 Å². The van der Waals surface area contributed by atoms with Gasteiger partial charge in [-0.3, -0.25) is 5.32 Å². The van der Waals surface area contributed by atoms with E-state index in [1.807, 2.05) is 0 Å². The summed E-state index contributed by atoms with van der Waals surface area (Å²) in [5.41, 5.74) is 1.12. The molecule has 0 spiro atoms. The van der Waals surface area contributed by atoms with Crippen LogP contribution in [-0.2, 0) is 9.47 Å². The zero-order valence-corrected chi connectivity index (χ0v) is 14.0. The van der Waals surface area contributed by atoms with Crippen LogP contribution in [0.25, 0.3) is 5.76 Å². The lowest BCUT2D eigenvalue weighted by Gasteiger charge is -2.39. The van der Waals surface area contributed by atoms with Gasteiger partial charge in [-0.1, -0.05) is 11.6 Å². The molecule has 0 bridgehead atoms. The fourth-order valence-electron chi connectivity index (χ4n) is 2.45. The van der Waals surface area contributed by atoms with Gasteiger partial charge in [0, 0.05) is 4.47 Å². The lowest BCUT2D eigenvalue weighted by molar-refractivity contribution is -0.284. The van der Waals surface area contributed by atoms with Gasteiger partial charge in [0.2, 0.25) is 6.29 Å². The molecule has 5 atom stereocenters. The minimum absolute atomic E-state index is 0.260. The van der Waals surface area contributed by atoms with Crippen molar-refractivity contribution in [3.8, 4) is 0 Å². The minimum atomic E-state index is -1.51. The SMILES string of the molecule is OCC1OC(OC2=C[N]c3ccc(Br)c(Cl)c32)C(O)C(O)C1O. The predicted octanol–water partition coefficient (Wildman–Crippen LogP) is 0.467. The minimum Gasteiger partial charge on any atom is -0.460 e. The van der Waals surface area contributed by atoms with Gasteiger partial charge < -0.3 is 29.9 Å². The van der Waals surface area contributed by atoms with Gasteiger partial charge >= 0.3 is 0 Å². The number of aliphatic hydroxyl groups is 4. The van der Waals surface area contributed by atoms with E-state index in [-0.39, 0.29) is 5.76 Å². The maximum Gasteiger partial charge on any atom is 0.229 e.